The molecule has 92 heavy (non-hydrogen) atoms. The van der Waals surface area contributed by atoms with Crippen LogP contribution in [0.5, 0.6) is 0 Å². The van der Waals surface area contributed by atoms with E-state index in [9.17, 15) is 9.59 Å². The second-order valence-corrected chi connectivity index (χ2v) is 41.2. The van der Waals surface area contributed by atoms with E-state index in [1.165, 1.54) is 302 Å². The fourth-order valence-corrected chi connectivity index (χ4v) is 14.2. The summed E-state index contributed by atoms with van der Waals surface area (Å²) in [5.41, 5.74) is 0. The Labute approximate surface area is 578 Å². The number of carbonyl (C=O) groups is 2. The van der Waals surface area contributed by atoms with Gasteiger partial charge in [0, 0.05) is 12.8 Å². The van der Waals surface area contributed by atoms with E-state index in [1.807, 2.05) is 0 Å². The van der Waals surface area contributed by atoms with Gasteiger partial charge >= 0.3 is 5.97 Å². The van der Waals surface area contributed by atoms with Crippen molar-refractivity contribution in [1.29, 1.82) is 0 Å². The summed E-state index contributed by atoms with van der Waals surface area (Å²) in [5.74, 6) is 0.152. The lowest BCUT2D eigenvalue weighted by Gasteiger charge is -2.42. The Morgan fingerprint density at radius 2 is 0.652 bits per heavy atom. The van der Waals surface area contributed by atoms with Crippen LogP contribution < -0.4 is 5.32 Å². The molecule has 542 valence electrons. The number of amides is 1. The van der Waals surface area contributed by atoms with Gasteiger partial charge in [-0.05, 0) is 126 Å². The zero-order valence-electron chi connectivity index (χ0n) is 64.3. The van der Waals surface area contributed by atoms with E-state index in [0.717, 1.165) is 44.9 Å². The number of unbranched alkanes of at least 4 members (excludes halogenated alkanes) is 48. The van der Waals surface area contributed by atoms with Crippen LogP contribution >= 0.6 is 0 Å². The molecule has 2 atom stereocenters. The molecule has 0 radical (unpaired) electrons. The van der Waals surface area contributed by atoms with Gasteiger partial charge in [0.05, 0.1) is 25.4 Å². The smallest absolute Gasteiger partial charge is 0.305 e. The van der Waals surface area contributed by atoms with Crippen LogP contribution in [0, 0.1) is 0 Å². The molecule has 1 N–H and O–H groups in total. The van der Waals surface area contributed by atoms with E-state index < -0.39 is 16.6 Å². The van der Waals surface area contributed by atoms with Crippen molar-refractivity contribution in [2.24, 2.45) is 0 Å². The quantitative estimate of drug-likeness (QED) is 0.0284. The van der Waals surface area contributed by atoms with Gasteiger partial charge in [0.2, 0.25) is 5.91 Å². The van der Waals surface area contributed by atoms with Crippen molar-refractivity contribution in [1.82, 2.24) is 5.32 Å². The molecule has 0 bridgehead atoms. The number of hydrogen-bond donors (Lipinski definition) is 1. The first kappa shape index (κ1) is 90.3. The summed E-state index contributed by atoms with van der Waals surface area (Å²) in [6, 6.07) is -0.200. The molecule has 0 rings (SSSR count). The molecule has 0 aromatic heterocycles. The van der Waals surface area contributed by atoms with Crippen molar-refractivity contribution in [3.63, 3.8) is 0 Å². The predicted octanol–water partition coefficient (Wildman–Crippen LogP) is 28.5. The van der Waals surface area contributed by atoms with Crippen LogP contribution in [-0.2, 0) is 23.2 Å². The number of hydrogen-bond acceptors (Lipinski definition) is 5. The standard InChI is InChI=1S/C84H163NO5Si2/c1-13-15-17-19-21-23-25-27-47-52-56-60-64-68-72-76-82(87)88-77-73-69-65-61-57-53-49-46-44-42-40-38-36-34-32-30-28-29-31-33-35-37-39-41-43-45-48-51-55-59-63-67-71-75-81(86)85-79(78-89-91(9,10)83(3,4)5)80(90-92(11,12)84(6,7)8)74-70-66-62-58-54-50-26-24-22-20-18-16-14-2/h21,23,27,44,46-47,70,74,79-80H,13-20,22,24-26,28-43,45,48-69,71-73,75-78H2,1-12H3,(H,85,86)/b23-21-,46-44-,47-27-,74-70+/t79-,80+/m0/s1. The Kier molecular flexibility index (Phi) is 62.7. The number of allylic oxidation sites excluding steroid dienone is 7. The van der Waals surface area contributed by atoms with E-state index in [0.29, 0.717) is 26.1 Å². The molecule has 0 aliphatic rings. The van der Waals surface area contributed by atoms with E-state index in [-0.39, 0.29) is 34.1 Å². The average Bonchev–Trinajstić information content (AvgIpc) is 0.852. The molecule has 0 aromatic carbocycles. The van der Waals surface area contributed by atoms with Gasteiger partial charge in [0.25, 0.3) is 0 Å². The first-order valence-corrected chi connectivity index (χ1v) is 46.6. The van der Waals surface area contributed by atoms with E-state index in [1.54, 1.807) is 0 Å². The van der Waals surface area contributed by atoms with Crippen molar-refractivity contribution >= 4 is 28.5 Å². The third-order valence-corrected chi connectivity index (χ3v) is 29.5. The number of esters is 1. The molecule has 0 fully saturated rings. The minimum absolute atomic E-state index is 0.00264. The highest BCUT2D eigenvalue weighted by Gasteiger charge is 2.42. The maximum Gasteiger partial charge on any atom is 0.305 e. The number of carbonyl (C=O) groups excluding carboxylic acids is 2. The summed E-state index contributed by atoms with van der Waals surface area (Å²) in [5, 5.41) is 3.66. The molecule has 0 saturated heterocycles. The first-order chi connectivity index (χ1) is 44.4. The molecule has 0 spiro atoms. The summed E-state index contributed by atoms with van der Waals surface area (Å²) < 4.78 is 19.5. The van der Waals surface area contributed by atoms with Crippen LogP contribution in [0.25, 0.3) is 0 Å². The lowest BCUT2D eigenvalue weighted by atomic mass is 10.0. The summed E-state index contributed by atoms with van der Waals surface area (Å²) in [7, 11) is -4.18. The molecule has 0 saturated carbocycles. The minimum Gasteiger partial charge on any atom is -0.466 e. The topological polar surface area (TPSA) is 73.9 Å². The predicted molar refractivity (Wildman–Crippen MR) is 415 cm³/mol. The van der Waals surface area contributed by atoms with Crippen LogP contribution in [0.4, 0.5) is 0 Å². The molecular weight excluding hydrogens is 1160 g/mol. The molecule has 0 aliphatic heterocycles. The maximum atomic E-state index is 13.7. The summed E-state index contributed by atoms with van der Waals surface area (Å²) in [6.45, 7) is 28.8. The molecule has 0 aliphatic carbocycles. The molecule has 0 heterocycles. The molecule has 8 heteroatoms. The van der Waals surface area contributed by atoms with Gasteiger partial charge in [-0.2, -0.15) is 0 Å². The molecule has 1 amide bonds. The van der Waals surface area contributed by atoms with Crippen molar-refractivity contribution in [2.45, 2.75) is 463 Å². The zero-order chi connectivity index (χ0) is 67.8. The van der Waals surface area contributed by atoms with Crippen molar-refractivity contribution in [3.05, 3.63) is 48.6 Å². The second-order valence-electron chi connectivity index (χ2n) is 31.6. The SMILES string of the molecule is CCCCC/C=C\C/C=C\CCCCCCCC(=O)OCCCCCCCC/C=C\CCCCCCCCCCCCCCCCCCCCCCCCCC(=O)N[C@@H](CO[Si](C)(C)C(C)(C)C)[C@@H](/C=C/CCCCCCCCCCCCC)O[Si](C)(C)C(C)(C)C. The highest BCUT2D eigenvalue weighted by atomic mass is 28.4. The first-order valence-electron chi connectivity index (χ1n) is 40.8. The second kappa shape index (κ2) is 64.0. The Bertz CT molecular complexity index is 1720. The molecule has 0 unspecified atom stereocenters. The van der Waals surface area contributed by atoms with Gasteiger partial charge in [-0.25, -0.2) is 0 Å². The van der Waals surface area contributed by atoms with Gasteiger partial charge < -0.3 is 18.9 Å². The van der Waals surface area contributed by atoms with Crippen LogP contribution in [-0.4, -0.2) is 53.9 Å². The van der Waals surface area contributed by atoms with Crippen molar-refractivity contribution in [2.75, 3.05) is 13.2 Å². The minimum atomic E-state index is -2.14. The zero-order valence-corrected chi connectivity index (χ0v) is 66.3. The molecular formula is C84H163NO5Si2. The number of nitrogens with one attached hydrogen (secondary N) is 1. The highest BCUT2D eigenvalue weighted by Crippen LogP contribution is 2.39. The van der Waals surface area contributed by atoms with Crippen LogP contribution in [0.3, 0.4) is 0 Å². The van der Waals surface area contributed by atoms with Gasteiger partial charge in [-0.3, -0.25) is 9.59 Å². The summed E-state index contributed by atoms with van der Waals surface area (Å²) >= 11 is 0. The third-order valence-electron chi connectivity index (χ3n) is 20.5. The van der Waals surface area contributed by atoms with Crippen LogP contribution in [0.2, 0.25) is 36.3 Å². The van der Waals surface area contributed by atoms with Crippen molar-refractivity contribution < 1.29 is 23.2 Å². The Morgan fingerprint density at radius 3 is 1.02 bits per heavy atom. The molecule has 0 aromatic rings. The average molecular weight is 1320 g/mol. The van der Waals surface area contributed by atoms with Gasteiger partial charge in [-0.15, -0.1) is 0 Å². The fraction of sp³-hybridized carbons (Fsp3) is 0.881. The maximum absolute atomic E-state index is 13.7. The van der Waals surface area contributed by atoms with Crippen LogP contribution in [0.1, 0.15) is 415 Å². The van der Waals surface area contributed by atoms with E-state index in [2.05, 4.69) is 136 Å². The highest BCUT2D eigenvalue weighted by molar-refractivity contribution is 6.74. The Morgan fingerprint density at radius 1 is 0.359 bits per heavy atom. The number of ether oxygens (including phenoxy) is 1. The Hall–Kier alpha value is -1.75. The lowest BCUT2D eigenvalue weighted by Crippen LogP contribution is -2.54. The van der Waals surface area contributed by atoms with Crippen LogP contribution in [0.15, 0.2) is 48.6 Å². The third kappa shape index (κ3) is 59.5. The van der Waals surface area contributed by atoms with Crippen molar-refractivity contribution in [3.8, 4) is 0 Å². The Balaban J connectivity index is 3.94. The summed E-state index contributed by atoms with van der Waals surface area (Å²) in [6.07, 6.45) is 90.3. The number of rotatable bonds is 69. The normalized spacial score (nSPS) is 13.5. The largest absolute Gasteiger partial charge is 0.466 e. The van der Waals surface area contributed by atoms with E-state index >= 15 is 0 Å². The van der Waals surface area contributed by atoms with Gasteiger partial charge in [0.15, 0.2) is 16.6 Å². The van der Waals surface area contributed by atoms with Gasteiger partial charge in [-0.1, -0.05) is 361 Å². The van der Waals surface area contributed by atoms with Gasteiger partial charge in [0.1, 0.15) is 0 Å². The monoisotopic (exact) mass is 1320 g/mol. The van der Waals surface area contributed by atoms with E-state index in [4.69, 9.17) is 13.6 Å². The fourth-order valence-electron chi connectivity index (χ4n) is 11.8. The summed E-state index contributed by atoms with van der Waals surface area (Å²) in [4.78, 5) is 25.8. The lowest BCUT2D eigenvalue weighted by molar-refractivity contribution is -0.143. The molecule has 6 nitrogen and oxygen atoms in total.